The van der Waals surface area contributed by atoms with Crippen molar-refractivity contribution in [1.82, 2.24) is 10.2 Å². The minimum Gasteiger partial charge on any atom is -0.494 e. The fourth-order valence-electron chi connectivity index (χ4n) is 3.88. The first kappa shape index (κ1) is 24.4. The van der Waals surface area contributed by atoms with Gasteiger partial charge >= 0.3 is 0 Å². The molecule has 5 nitrogen and oxygen atoms in total. The average molecular weight is 477 g/mol. The van der Waals surface area contributed by atoms with Crippen LogP contribution in [0.3, 0.4) is 0 Å². The van der Waals surface area contributed by atoms with E-state index in [0.29, 0.717) is 23.1 Å². The molecule has 0 heterocycles. The second kappa shape index (κ2) is 12.1. The lowest BCUT2D eigenvalue weighted by Crippen LogP contribution is -2.49. The summed E-state index contributed by atoms with van der Waals surface area (Å²) in [5.74, 6) is 0.534. The molecule has 1 fully saturated rings. The molecular weight excluding hydrogens is 447 g/mol. The zero-order valence-corrected chi connectivity index (χ0v) is 19.9. The van der Waals surface area contributed by atoms with E-state index in [1.807, 2.05) is 30.3 Å². The van der Waals surface area contributed by atoms with E-state index >= 15 is 0 Å². The number of nitrogens with one attached hydrogen (secondary N) is 1. The number of amides is 2. The Morgan fingerprint density at radius 1 is 1.12 bits per heavy atom. The predicted octanol–water partition coefficient (Wildman–Crippen LogP) is 5.63. The van der Waals surface area contributed by atoms with Gasteiger partial charge in [0.25, 0.3) is 0 Å². The van der Waals surface area contributed by atoms with Gasteiger partial charge in [-0.15, -0.1) is 0 Å². The Hall–Kier alpha value is -2.24. The van der Waals surface area contributed by atoms with Crippen LogP contribution in [0.4, 0.5) is 0 Å². The van der Waals surface area contributed by atoms with E-state index in [9.17, 15) is 9.59 Å². The van der Waals surface area contributed by atoms with Crippen LogP contribution in [-0.4, -0.2) is 35.4 Å². The largest absolute Gasteiger partial charge is 0.494 e. The number of halogens is 2. The van der Waals surface area contributed by atoms with Gasteiger partial charge in [-0.25, -0.2) is 0 Å². The summed E-state index contributed by atoms with van der Waals surface area (Å²) in [5.41, 5.74) is 0.755. The van der Waals surface area contributed by atoms with E-state index in [1.54, 1.807) is 30.0 Å². The summed E-state index contributed by atoms with van der Waals surface area (Å²) in [7, 11) is 0. The van der Waals surface area contributed by atoms with Crippen molar-refractivity contribution in [2.24, 2.45) is 0 Å². The van der Waals surface area contributed by atoms with Crippen molar-refractivity contribution in [3.05, 3.63) is 64.1 Å². The SMILES string of the molecule is C[C@@H](C(=O)NC1CCCC1)N(Cc1ccc(Cl)cc1Cl)C(=O)CCCOc1ccccc1. The second-order valence-corrected chi connectivity index (χ2v) is 9.03. The number of ether oxygens (including phenoxy) is 1. The molecule has 0 radical (unpaired) electrons. The molecule has 0 aliphatic heterocycles. The maximum Gasteiger partial charge on any atom is 0.242 e. The van der Waals surface area contributed by atoms with Gasteiger partial charge in [-0.1, -0.05) is 60.3 Å². The Labute approximate surface area is 200 Å². The quantitative estimate of drug-likeness (QED) is 0.452. The number of carbonyl (C=O) groups is 2. The van der Waals surface area contributed by atoms with Gasteiger partial charge in [0.15, 0.2) is 0 Å². The molecule has 7 heteroatoms. The highest BCUT2D eigenvalue weighted by Crippen LogP contribution is 2.24. The summed E-state index contributed by atoms with van der Waals surface area (Å²) >= 11 is 12.4. The molecule has 0 unspecified atom stereocenters. The summed E-state index contributed by atoms with van der Waals surface area (Å²) in [6.45, 7) is 2.44. The topological polar surface area (TPSA) is 58.6 Å². The monoisotopic (exact) mass is 476 g/mol. The highest BCUT2D eigenvalue weighted by atomic mass is 35.5. The smallest absolute Gasteiger partial charge is 0.242 e. The van der Waals surface area contributed by atoms with Crippen LogP contribution in [0, 0.1) is 0 Å². The number of nitrogens with zero attached hydrogens (tertiary/aromatic N) is 1. The van der Waals surface area contributed by atoms with Crippen molar-refractivity contribution in [3.63, 3.8) is 0 Å². The van der Waals surface area contributed by atoms with Gasteiger partial charge in [-0.2, -0.15) is 0 Å². The highest BCUT2D eigenvalue weighted by molar-refractivity contribution is 6.35. The van der Waals surface area contributed by atoms with Crippen molar-refractivity contribution < 1.29 is 14.3 Å². The van der Waals surface area contributed by atoms with Crippen LogP contribution in [-0.2, 0) is 16.1 Å². The number of hydrogen-bond acceptors (Lipinski definition) is 3. The molecule has 172 valence electrons. The molecule has 32 heavy (non-hydrogen) atoms. The lowest BCUT2D eigenvalue weighted by atomic mass is 10.1. The van der Waals surface area contributed by atoms with E-state index in [0.717, 1.165) is 37.0 Å². The average Bonchev–Trinajstić information content (AvgIpc) is 3.29. The molecule has 1 aliphatic carbocycles. The van der Waals surface area contributed by atoms with Crippen LogP contribution in [0.1, 0.15) is 51.0 Å². The lowest BCUT2D eigenvalue weighted by molar-refractivity contribution is -0.141. The first-order valence-electron chi connectivity index (χ1n) is 11.2. The maximum atomic E-state index is 13.1. The van der Waals surface area contributed by atoms with Gasteiger partial charge in [0.2, 0.25) is 11.8 Å². The minimum absolute atomic E-state index is 0.109. The standard InChI is InChI=1S/C25H30Cl2N2O3/c1-18(25(31)28-21-8-5-6-9-21)29(17-19-13-14-20(26)16-23(19)27)24(30)12-7-15-32-22-10-3-2-4-11-22/h2-4,10-11,13-14,16,18,21H,5-9,12,15,17H2,1H3,(H,28,31)/t18-/m0/s1. The van der Waals surface area contributed by atoms with Crippen molar-refractivity contribution in [2.75, 3.05) is 6.61 Å². The van der Waals surface area contributed by atoms with Gasteiger partial charge in [0.1, 0.15) is 11.8 Å². The van der Waals surface area contributed by atoms with Crippen LogP contribution in [0.5, 0.6) is 5.75 Å². The van der Waals surface area contributed by atoms with Gasteiger partial charge in [-0.05, 0) is 56.0 Å². The molecule has 0 saturated heterocycles. The number of carbonyl (C=O) groups excluding carboxylic acids is 2. The van der Waals surface area contributed by atoms with Crippen molar-refractivity contribution >= 4 is 35.0 Å². The third-order valence-electron chi connectivity index (χ3n) is 5.77. The number of para-hydroxylation sites is 1. The molecule has 1 aliphatic rings. The summed E-state index contributed by atoms with van der Waals surface area (Å²) < 4.78 is 5.70. The number of hydrogen-bond donors (Lipinski definition) is 1. The number of benzene rings is 2. The van der Waals surface area contributed by atoms with E-state index in [-0.39, 0.29) is 30.8 Å². The Bertz CT molecular complexity index is 901. The van der Waals surface area contributed by atoms with Crippen LogP contribution >= 0.6 is 23.2 Å². The Morgan fingerprint density at radius 2 is 1.84 bits per heavy atom. The van der Waals surface area contributed by atoms with Gasteiger partial charge in [0.05, 0.1) is 6.61 Å². The second-order valence-electron chi connectivity index (χ2n) is 8.19. The summed E-state index contributed by atoms with van der Waals surface area (Å²) in [5, 5.41) is 4.11. The zero-order valence-electron chi connectivity index (χ0n) is 18.4. The molecule has 2 aromatic rings. The third kappa shape index (κ3) is 7.14. The Morgan fingerprint density at radius 3 is 2.53 bits per heavy atom. The summed E-state index contributed by atoms with van der Waals surface area (Å²) in [6, 6.07) is 14.3. The highest BCUT2D eigenvalue weighted by Gasteiger charge is 2.28. The summed E-state index contributed by atoms with van der Waals surface area (Å²) in [6.07, 6.45) is 5.07. The lowest BCUT2D eigenvalue weighted by Gasteiger charge is -2.30. The van der Waals surface area contributed by atoms with Crippen molar-refractivity contribution in [1.29, 1.82) is 0 Å². The summed E-state index contributed by atoms with van der Waals surface area (Å²) in [4.78, 5) is 27.6. The Balaban J connectivity index is 1.63. The Kier molecular flexibility index (Phi) is 9.24. The first-order chi connectivity index (χ1) is 15.4. The van der Waals surface area contributed by atoms with Crippen molar-refractivity contribution in [2.45, 2.75) is 64.1 Å². The zero-order chi connectivity index (χ0) is 22.9. The van der Waals surface area contributed by atoms with E-state index < -0.39 is 6.04 Å². The van der Waals surface area contributed by atoms with Gasteiger partial charge in [-0.3, -0.25) is 9.59 Å². The maximum absolute atomic E-state index is 13.1. The first-order valence-corrected chi connectivity index (χ1v) is 11.9. The molecule has 2 aromatic carbocycles. The molecule has 2 amide bonds. The van der Waals surface area contributed by atoms with E-state index in [1.165, 1.54) is 0 Å². The fraction of sp³-hybridized carbons (Fsp3) is 0.440. The van der Waals surface area contributed by atoms with Crippen LogP contribution in [0.2, 0.25) is 10.0 Å². The molecule has 1 N–H and O–H groups in total. The van der Waals surface area contributed by atoms with Crippen LogP contribution < -0.4 is 10.1 Å². The molecule has 0 bridgehead atoms. The molecule has 0 spiro atoms. The number of rotatable bonds is 10. The van der Waals surface area contributed by atoms with E-state index in [2.05, 4.69) is 5.32 Å². The molecule has 1 saturated carbocycles. The molecule has 0 aromatic heterocycles. The van der Waals surface area contributed by atoms with Gasteiger partial charge in [0, 0.05) is 29.1 Å². The molecule has 1 atom stereocenters. The van der Waals surface area contributed by atoms with Crippen LogP contribution in [0.15, 0.2) is 48.5 Å². The predicted molar refractivity (Wildman–Crippen MR) is 128 cm³/mol. The minimum atomic E-state index is -0.607. The normalized spacial score (nSPS) is 14.7. The molecular formula is C25H30Cl2N2O3. The fourth-order valence-corrected chi connectivity index (χ4v) is 4.35. The van der Waals surface area contributed by atoms with Crippen LogP contribution in [0.25, 0.3) is 0 Å². The van der Waals surface area contributed by atoms with E-state index in [4.69, 9.17) is 27.9 Å². The van der Waals surface area contributed by atoms with Crippen molar-refractivity contribution in [3.8, 4) is 5.75 Å². The third-order valence-corrected chi connectivity index (χ3v) is 6.36. The van der Waals surface area contributed by atoms with Gasteiger partial charge < -0.3 is 15.0 Å². The molecule has 3 rings (SSSR count).